The van der Waals surface area contributed by atoms with Gasteiger partial charge >= 0.3 is 0 Å². The van der Waals surface area contributed by atoms with Crippen molar-refractivity contribution < 1.29 is 10.0 Å². The minimum atomic E-state index is -0.848. The first-order chi connectivity index (χ1) is 8.99. The third-order valence-electron chi connectivity index (χ3n) is 3.24. The summed E-state index contributed by atoms with van der Waals surface area (Å²) in [4.78, 5) is 10.3. The van der Waals surface area contributed by atoms with Crippen molar-refractivity contribution in [2.75, 3.05) is 0 Å². The maximum Gasteiger partial charge on any atom is 0.269 e. The maximum atomic E-state index is 10.7. The van der Waals surface area contributed by atoms with E-state index in [0.717, 1.165) is 16.7 Å². The Morgan fingerprint density at radius 1 is 1.05 bits per heavy atom. The lowest BCUT2D eigenvalue weighted by molar-refractivity contribution is -0.385. The monoisotopic (exact) mass is 257 g/mol. The minimum Gasteiger partial charge on any atom is -0.384 e. The van der Waals surface area contributed by atoms with Gasteiger partial charge in [0.25, 0.3) is 5.69 Å². The Balaban J connectivity index is 2.37. The van der Waals surface area contributed by atoms with Crippen LogP contribution in [0.25, 0.3) is 0 Å². The van der Waals surface area contributed by atoms with Gasteiger partial charge in [-0.05, 0) is 36.1 Å². The van der Waals surface area contributed by atoms with Crippen LogP contribution < -0.4 is 0 Å². The Kier molecular flexibility index (Phi) is 3.62. The normalized spacial score (nSPS) is 12.2. The number of aryl methyl sites for hydroxylation is 2. The number of nitro benzene ring substituents is 1. The molecule has 2 aromatic rings. The number of hydrogen-bond acceptors (Lipinski definition) is 3. The molecule has 0 spiro atoms. The molecule has 0 aromatic heterocycles. The van der Waals surface area contributed by atoms with Crippen molar-refractivity contribution in [1.82, 2.24) is 0 Å². The minimum absolute atomic E-state index is 0.0135. The number of nitrogens with zero attached hydrogens (tertiary/aromatic N) is 1. The molecule has 0 saturated heterocycles. The fourth-order valence-corrected chi connectivity index (χ4v) is 1.94. The second kappa shape index (κ2) is 5.20. The molecule has 0 radical (unpaired) electrons. The smallest absolute Gasteiger partial charge is 0.269 e. The van der Waals surface area contributed by atoms with E-state index in [0.29, 0.717) is 5.56 Å². The molecule has 19 heavy (non-hydrogen) atoms. The van der Waals surface area contributed by atoms with E-state index in [1.165, 1.54) is 12.1 Å². The van der Waals surface area contributed by atoms with Gasteiger partial charge in [0, 0.05) is 12.1 Å². The van der Waals surface area contributed by atoms with Crippen molar-refractivity contribution in [3.05, 3.63) is 74.8 Å². The van der Waals surface area contributed by atoms with E-state index in [9.17, 15) is 15.2 Å². The highest BCUT2D eigenvalue weighted by molar-refractivity contribution is 5.40. The standard InChI is InChI=1S/C15H15NO3/c1-10-6-7-13(8-11(10)2)15(17)12-4-3-5-14(9-12)16(18)19/h3-9,15,17H,1-2H3. The van der Waals surface area contributed by atoms with E-state index in [1.807, 2.05) is 32.0 Å². The Morgan fingerprint density at radius 2 is 1.74 bits per heavy atom. The Morgan fingerprint density at radius 3 is 2.37 bits per heavy atom. The van der Waals surface area contributed by atoms with Crippen LogP contribution in [0.15, 0.2) is 42.5 Å². The lowest BCUT2D eigenvalue weighted by Gasteiger charge is -2.13. The molecular formula is C15H15NO3. The van der Waals surface area contributed by atoms with Gasteiger partial charge in [-0.15, -0.1) is 0 Å². The summed E-state index contributed by atoms with van der Waals surface area (Å²) in [6, 6.07) is 11.8. The molecule has 4 nitrogen and oxygen atoms in total. The molecule has 98 valence electrons. The Hall–Kier alpha value is -2.20. The van der Waals surface area contributed by atoms with Crippen LogP contribution in [-0.4, -0.2) is 10.0 Å². The van der Waals surface area contributed by atoms with Crippen LogP contribution >= 0.6 is 0 Å². The molecule has 2 aromatic carbocycles. The lowest BCUT2D eigenvalue weighted by Crippen LogP contribution is -2.01. The van der Waals surface area contributed by atoms with Crippen molar-refractivity contribution in [2.24, 2.45) is 0 Å². The van der Waals surface area contributed by atoms with Crippen LogP contribution in [0.1, 0.15) is 28.4 Å². The first-order valence-electron chi connectivity index (χ1n) is 5.98. The number of rotatable bonds is 3. The van der Waals surface area contributed by atoms with Gasteiger partial charge in [0.15, 0.2) is 0 Å². The zero-order valence-corrected chi connectivity index (χ0v) is 10.8. The van der Waals surface area contributed by atoms with E-state index in [-0.39, 0.29) is 5.69 Å². The lowest BCUT2D eigenvalue weighted by atomic mass is 9.98. The quantitative estimate of drug-likeness (QED) is 0.677. The molecule has 1 atom stereocenters. The highest BCUT2D eigenvalue weighted by Crippen LogP contribution is 2.26. The van der Waals surface area contributed by atoms with E-state index in [2.05, 4.69) is 0 Å². The molecule has 2 rings (SSSR count). The second-order valence-corrected chi connectivity index (χ2v) is 4.60. The fourth-order valence-electron chi connectivity index (χ4n) is 1.94. The molecule has 1 unspecified atom stereocenters. The van der Waals surface area contributed by atoms with Gasteiger partial charge in [-0.2, -0.15) is 0 Å². The summed E-state index contributed by atoms with van der Waals surface area (Å²) in [6.45, 7) is 3.97. The van der Waals surface area contributed by atoms with Gasteiger partial charge < -0.3 is 5.11 Å². The number of nitro groups is 1. The maximum absolute atomic E-state index is 10.7. The summed E-state index contributed by atoms with van der Waals surface area (Å²) in [5.74, 6) is 0. The number of hydrogen-bond donors (Lipinski definition) is 1. The first-order valence-corrected chi connectivity index (χ1v) is 5.98. The van der Waals surface area contributed by atoms with Gasteiger partial charge in [-0.25, -0.2) is 0 Å². The summed E-state index contributed by atoms with van der Waals surface area (Å²) >= 11 is 0. The number of aliphatic hydroxyl groups excluding tert-OH is 1. The van der Waals surface area contributed by atoms with Gasteiger partial charge in [-0.1, -0.05) is 30.3 Å². The molecule has 0 heterocycles. The van der Waals surface area contributed by atoms with Gasteiger partial charge in [-0.3, -0.25) is 10.1 Å². The van der Waals surface area contributed by atoms with Gasteiger partial charge in [0.2, 0.25) is 0 Å². The summed E-state index contributed by atoms with van der Waals surface area (Å²) in [5, 5.41) is 21.0. The molecule has 0 amide bonds. The second-order valence-electron chi connectivity index (χ2n) is 4.60. The Labute approximate surface area is 111 Å². The predicted octanol–water partition coefficient (Wildman–Crippen LogP) is 3.29. The van der Waals surface area contributed by atoms with Crippen LogP contribution in [-0.2, 0) is 0 Å². The van der Waals surface area contributed by atoms with Gasteiger partial charge in [0.1, 0.15) is 6.10 Å². The molecule has 1 N–H and O–H groups in total. The van der Waals surface area contributed by atoms with Crippen LogP contribution in [0.2, 0.25) is 0 Å². The molecule has 0 fully saturated rings. The number of aliphatic hydroxyl groups is 1. The molecule has 0 aliphatic heterocycles. The summed E-state index contributed by atoms with van der Waals surface area (Å²) in [5.41, 5.74) is 3.48. The van der Waals surface area contributed by atoms with Crippen molar-refractivity contribution in [2.45, 2.75) is 20.0 Å². The molecule has 0 saturated carbocycles. The fraction of sp³-hybridized carbons (Fsp3) is 0.200. The predicted molar refractivity (Wildman–Crippen MR) is 73.1 cm³/mol. The van der Waals surface area contributed by atoms with Gasteiger partial charge in [0.05, 0.1) is 4.92 Å². The molecule has 0 bridgehead atoms. The zero-order chi connectivity index (χ0) is 14.0. The van der Waals surface area contributed by atoms with Crippen LogP contribution in [0.4, 0.5) is 5.69 Å². The number of non-ortho nitro benzene ring substituents is 1. The zero-order valence-electron chi connectivity index (χ0n) is 10.8. The highest BCUT2D eigenvalue weighted by Gasteiger charge is 2.14. The van der Waals surface area contributed by atoms with Crippen molar-refractivity contribution in [3.63, 3.8) is 0 Å². The Bertz CT molecular complexity index is 623. The first kappa shape index (κ1) is 13.2. The summed E-state index contributed by atoms with van der Waals surface area (Å²) < 4.78 is 0. The van der Waals surface area contributed by atoms with Crippen LogP contribution in [0.3, 0.4) is 0 Å². The van der Waals surface area contributed by atoms with E-state index in [1.54, 1.807) is 12.1 Å². The van der Waals surface area contributed by atoms with E-state index in [4.69, 9.17) is 0 Å². The molecule has 4 heteroatoms. The average Bonchev–Trinajstić information content (AvgIpc) is 2.41. The summed E-state index contributed by atoms with van der Waals surface area (Å²) in [6.07, 6.45) is -0.848. The highest BCUT2D eigenvalue weighted by atomic mass is 16.6. The molecular weight excluding hydrogens is 242 g/mol. The molecule has 0 aliphatic rings. The summed E-state index contributed by atoms with van der Waals surface area (Å²) in [7, 11) is 0. The van der Waals surface area contributed by atoms with Crippen molar-refractivity contribution in [3.8, 4) is 0 Å². The third kappa shape index (κ3) is 2.80. The van der Waals surface area contributed by atoms with Crippen molar-refractivity contribution >= 4 is 5.69 Å². The average molecular weight is 257 g/mol. The SMILES string of the molecule is Cc1ccc(C(O)c2cccc([N+](=O)[O-])c2)cc1C. The van der Waals surface area contributed by atoms with Crippen molar-refractivity contribution in [1.29, 1.82) is 0 Å². The van der Waals surface area contributed by atoms with Crippen LogP contribution in [0.5, 0.6) is 0 Å². The van der Waals surface area contributed by atoms with E-state index < -0.39 is 11.0 Å². The number of benzene rings is 2. The third-order valence-corrected chi connectivity index (χ3v) is 3.24. The van der Waals surface area contributed by atoms with E-state index >= 15 is 0 Å². The van der Waals surface area contributed by atoms with Crippen LogP contribution in [0, 0.1) is 24.0 Å². The topological polar surface area (TPSA) is 63.4 Å². The molecule has 0 aliphatic carbocycles. The largest absolute Gasteiger partial charge is 0.384 e.